The Balaban J connectivity index is 2.15. The Morgan fingerprint density at radius 3 is 2.95 bits per heavy atom. The van der Waals surface area contributed by atoms with Gasteiger partial charge in [-0.25, -0.2) is 9.37 Å². The zero-order valence-corrected chi connectivity index (χ0v) is 12.4. The first-order valence-electron chi connectivity index (χ1n) is 7.02. The van der Waals surface area contributed by atoms with E-state index in [4.69, 9.17) is 4.42 Å². The van der Waals surface area contributed by atoms with Crippen LogP contribution < -0.4 is 5.32 Å². The maximum atomic E-state index is 13.4. The first-order chi connectivity index (χ1) is 10.2. The maximum absolute atomic E-state index is 13.4. The van der Waals surface area contributed by atoms with Crippen molar-refractivity contribution < 1.29 is 8.81 Å². The van der Waals surface area contributed by atoms with Gasteiger partial charge in [0.1, 0.15) is 29.0 Å². The Morgan fingerprint density at radius 2 is 2.24 bits per heavy atom. The molecule has 2 heterocycles. The van der Waals surface area contributed by atoms with Gasteiger partial charge in [-0.3, -0.25) is 0 Å². The Morgan fingerprint density at radius 1 is 1.43 bits per heavy atom. The molecule has 110 valence electrons. The molecule has 1 N–H and O–H groups in total. The second kappa shape index (κ2) is 5.33. The van der Waals surface area contributed by atoms with Crippen LogP contribution in [0, 0.1) is 12.7 Å². The van der Waals surface area contributed by atoms with E-state index in [0.29, 0.717) is 5.58 Å². The number of rotatable bonds is 4. The summed E-state index contributed by atoms with van der Waals surface area (Å²) in [6.45, 7) is 4.85. The fourth-order valence-corrected chi connectivity index (χ4v) is 2.71. The molecule has 0 aliphatic carbocycles. The predicted molar refractivity (Wildman–Crippen MR) is 79.7 cm³/mol. The molecule has 0 amide bonds. The van der Waals surface area contributed by atoms with Crippen LogP contribution in [0.15, 0.2) is 35.0 Å². The van der Waals surface area contributed by atoms with Gasteiger partial charge in [0.2, 0.25) is 0 Å². The number of hydrogen-bond acceptors (Lipinski definition) is 3. The molecule has 1 aromatic carbocycles. The zero-order chi connectivity index (χ0) is 15.0. The summed E-state index contributed by atoms with van der Waals surface area (Å²) in [4.78, 5) is 4.43. The smallest absolute Gasteiger partial charge is 0.134 e. The molecule has 0 aliphatic heterocycles. The van der Waals surface area contributed by atoms with Crippen molar-refractivity contribution in [3.63, 3.8) is 0 Å². The average Bonchev–Trinajstić information content (AvgIpc) is 3.07. The molecule has 21 heavy (non-hydrogen) atoms. The predicted octanol–water partition coefficient (Wildman–Crippen LogP) is 3.41. The van der Waals surface area contributed by atoms with Crippen molar-refractivity contribution in [2.24, 2.45) is 0 Å². The van der Waals surface area contributed by atoms with Gasteiger partial charge in [0.25, 0.3) is 0 Å². The minimum Gasteiger partial charge on any atom is -0.459 e. The third-order valence-corrected chi connectivity index (χ3v) is 3.83. The first-order valence-corrected chi connectivity index (χ1v) is 7.02. The molecule has 1 atom stereocenters. The molecule has 0 saturated heterocycles. The Labute approximate surface area is 122 Å². The quantitative estimate of drug-likeness (QED) is 0.799. The van der Waals surface area contributed by atoms with Crippen molar-refractivity contribution in [3.05, 3.63) is 53.6 Å². The van der Waals surface area contributed by atoms with E-state index in [0.717, 1.165) is 29.1 Å². The molecule has 0 fully saturated rings. The van der Waals surface area contributed by atoms with Gasteiger partial charge in [-0.15, -0.1) is 0 Å². The van der Waals surface area contributed by atoms with Gasteiger partial charge in [-0.1, -0.05) is 0 Å². The molecular weight excluding hydrogens is 269 g/mol. The molecule has 3 rings (SSSR count). The lowest BCUT2D eigenvalue weighted by Crippen LogP contribution is -2.22. The van der Waals surface area contributed by atoms with E-state index in [1.54, 1.807) is 12.3 Å². The van der Waals surface area contributed by atoms with Crippen LogP contribution in [0.3, 0.4) is 0 Å². The fraction of sp³-hybridized carbons (Fsp3) is 0.312. The summed E-state index contributed by atoms with van der Waals surface area (Å²) < 4.78 is 21.4. The van der Waals surface area contributed by atoms with Crippen molar-refractivity contribution >= 4 is 11.0 Å². The second-order valence-electron chi connectivity index (χ2n) is 5.02. The molecule has 4 nitrogen and oxygen atoms in total. The summed E-state index contributed by atoms with van der Waals surface area (Å²) in [5, 5.41) is 4.05. The van der Waals surface area contributed by atoms with Crippen LogP contribution in [0.25, 0.3) is 11.0 Å². The molecule has 0 bridgehead atoms. The highest BCUT2D eigenvalue weighted by Crippen LogP contribution is 2.32. The highest BCUT2D eigenvalue weighted by atomic mass is 19.1. The molecule has 3 aromatic rings. The normalized spacial score (nSPS) is 13.0. The highest BCUT2D eigenvalue weighted by molar-refractivity contribution is 5.82. The number of nitrogens with zero attached hydrogens (tertiary/aromatic N) is 2. The SMILES string of the molecule is CCn1ccnc1C(NC)c1oc2ccc(F)cc2c1C. The van der Waals surface area contributed by atoms with Crippen molar-refractivity contribution in [2.75, 3.05) is 7.05 Å². The number of halogens is 1. The van der Waals surface area contributed by atoms with Crippen LogP contribution in [0.2, 0.25) is 0 Å². The number of benzene rings is 1. The van der Waals surface area contributed by atoms with Gasteiger partial charge >= 0.3 is 0 Å². The average molecular weight is 287 g/mol. The van der Waals surface area contributed by atoms with Gasteiger partial charge < -0.3 is 14.3 Å². The third-order valence-electron chi connectivity index (χ3n) is 3.83. The molecule has 0 radical (unpaired) electrons. The van der Waals surface area contributed by atoms with E-state index in [-0.39, 0.29) is 11.9 Å². The molecule has 0 spiro atoms. The van der Waals surface area contributed by atoms with Gasteiger partial charge in [-0.2, -0.15) is 0 Å². The van der Waals surface area contributed by atoms with Gasteiger partial charge in [-0.05, 0) is 39.1 Å². The van der Waals surface area contributed by atoms with Crippen molar-refractivity contribution in [2.45, 2.75) is 26.4 Å². The standard InChI is InChI=1S/C16H18FN3O/c1-4-20-8-7-19-16(20)14(18-3)15-10(2)12-9-11(17)5-6-13(12)21-15/h5-9,14,18H,4H2,1-3H3. The van der Waals surface area contributed by atoms with Crippen LogP contribution in [0.5, 0.6) is 0 Å². The number of hydrogen-bond donors (Lipinski definition) is 1. The number of aromatic nitrogens is 2. The molecule has 1 unspecified atom stereocenters. The van der Waals surface area contributed by atoms with E-state index in [1.165, 1.54) is 12.1 Å². The lowest BCUT2D eigenvalue weighted by atomic mass is 10.1. The van der Waals surface area contributed by atoms with Crippen LogP contribution in [-0.2, 0) is 6.54 Å². The van der Waals surface area contributed by atoms with Gasteiger partial charge in [0.15, 0.2) is 0 Å². The van der Waals surface area contributed by atoms with E-state index in [1.807, 2.05) is 20.2 Å². The minimum absolute atomic E-state index is 0.157. The lowest BCUT2D eigenvalue weighted by molar-refractivity contribution is 0.463. The van der Waals surface area contributed by atoms with E-state index < -0.39 is 0 Å². The van der Waals surface area contributed by atoms with Crippen molar-refractivity contribution in [1.82, 2.24) is 14.9 Å². The van der Waals surface area contributed by atoms with Crippen LogP contribution >= 0.6 is 0 Å². The fourth-order valence-electron chi connectivity index (χ4n) is 2.71. The first kappa shape index (κ1) is 13.8. The summed E-state index contributed by atoms with van der Waals surface area (Å²) >= 11 is 0. The highest BCUT2D eigenvalue weighted by Gasteiger charge is 2.24. The lowest BCUT2D eigenvalue weighted by Gasteiger charge is -2.15. The monoisotopic (exact) mass is 287 g/mol. The number of furan rings is 1. The topological polar surface area (TPSA) is 43.0 Å². The number of aryl methyl sites for hydroxylation is 2. The van der Waals surface area contributed by atoms with E-state index in [2.05, 4.69) is 21.8 Å². The second-order valence-corrected chi connectivity index (χ2v) is 5.02. The summed E-state index contributed by atoms with van der Waals surface area (Å²) in [6.07, 6.45) is 3.72. The van der Waals surface area contributed by atoms with Crippen LogP contribution in [-0.4, -0.2) is 16.6 Å². The number of nitrogens with one attached hydrogen (secondary N) is 1. The molecular formula is C16H18FN3O. The third kappa shape index (κ3) is 2.23. The molecule has 0 saturated carbocycles. The molecule has 2 aromatic heterocycles. The Hall–Kier alpha value is -2.14. The number of fused-ring (bicyclic) bond motifs is 1. The van der Waals surface area contributed by atoms with E-state index >= 15 is 0 Å². The van der Waals surface area contributed by atoms with E-state index in [9.17, 15) is 4.39 Å². The summed E-state index contributed by atoms with van der Waals surface area (Å²) in [5.41, 5.74) is 1.63. The zero-order valence-electron chi connectivity index (χ0n) is 12.4. The largest absolute Gasteiger partial charge is 0.459 e. The van der Waals surface area contributed by atoms with Crippen molar-refractivity contribution in [3.8, 4) is 0 Å². The Kier molecular flexibility index (Phi) is 3.51. The Bertz CT molecular complexity index is 775. The van der Waals surface area contributed by atoms with Crippen LogP contribution in [0.4, 0.5) is 4.39 Å². The molecule has 0 aliphatic rings. The maximum Gasteiger partial charge on any atom is 0.134 e. The minimum atomic E-state index is -0.256. The summed E-state index contributed by atoms with van der Waals surface area (Å²) in [6, 6.07) is 4.43. The van der Waals surface area contributed by atoms with Gasteiger partial charge in [0, 0.05) is 29.9 Å². The van der Waals surface area contributed by atoms with Crippen molar-refractivity contribution in [1.29, 1.82) is 0 Å². The number of imidazole rings is 1. The summed E-state index contributed by atoms with van der Waals surface area (Å²) in [7, 11) is 1.87. The van der Waals surface area contributed by atoms with Crippen LogP contribution in [0.1, 0.15) is 30.1 Å². The van der Waals surface area contributed by atoms with Gasteiger partial charge in [0.05, 0.1) is 0 Å². The summed E-state index contributed by atoms with van der Waals surface area (Å²) in [5.74, 6) is 1.41. The molecule has 5 heteroatoms.